The molecule has 0 saturated heterocycles. The molecular weight excluding hydrogens is 589 g/mol. The van der Waals surface area contributed by atoms with E-state index in [0.29, 0.717) is 5.84 Å². The minimum atomic E-state index is -0.409. The molecule has 0 bridgehead atoms. The Morgan fingerprint density at radius 3 is 1.96 bits per heavy atom. The van der Waals surface area contributed by atoms with E-state index in [-0.39, 0.29) is 0 Å². The summed E-state index contributed by atoms with van der Waals surface area (Å²) in [7, 11) is 0. The monoisotopic (exact) mass is 620 g/mol. The van der Waals surface area contributed by atoms with Crippen LogP contribution in [0.25, 0.3) is 43.8 Å². The molecule has 230 valence electrons. The molecule has 1 heterocycles. The van der Waals surface area contributed by atoms with Gasteiger partial charge in [-0.1, -0.05) is 133 Å². The summed E-state index contributed by atoms with van der Waals surface area (Å²) in [6, 6.07) is 55.1. The second-order valence-electron chi connectivity index (χ2n) is 11.7. The molecule has 7 aromatic carbocycles. The zero-order valence-electron chi connectivity index (χ0n) is 26.1. The quantitative estimate of drug-likeness (QED) is 0.117. The van der Waals surface area contributed by atoms with E-state index < -0.39 is 6.17 Å². The smallest absolute Gasteiger partial charge is 0.145 e. The fourth-order valence-corrected chi connectivity index (χ4v) is 6.29. The Morgan fingerprint density at radius 1 is 0.625 bits per heavy atom. The number of nitrogens with zero attached hydrogens (tertiary/aromatic N) is 1. The molecule has 48 heavy (non-hydrogen) atoms. The van der Waals surface area contributed by atoms with Crippen LogP contribution in [-0.4, -0.2) is 12.1 Å². The number of nitrogens with one attached hydrogen (secondary N) is 3. The third-order valence-corrected chi connectivity index (χ3v) is 8.61. The lowest BCUT2D eigenvalue weighted by atomic mass is 9.92. The third-order valence-electron chi connectivity index (χ3n) is 8.61. The topological polar surface area (TPSA) is 73.4 Å². The predicted molar refractivity (Wildman–Crippen MR) is 200 cm³/mol. The van der Waals surface area contributed by atoms with Crippen molar-refractivity contribution in [2.45, 2.75) is 6.17 Å². The van der Waals surface area contributed by atoms with Crippen LogP contribution in [-0.2, 0) is 0 Å². The van der Waals surface area contributed by atoms with Gasteiger partial charge in [0.15, 0.2) is 0 Å². The Kier molecular flexibility index (Phi) is 7.69. The zero-order valence-corrected chi connectivity index (χ0v) is 26.1. The van der Waals surface area contributed by atoms with Gasteiger partial charge in [0.05, 0.1) is 5.69 Å². The van der Waals surface area contributed by atoms with Crippen LogP contribution in [0.15, 0.2) is 173 Å². The van der Waals surface area contributed by atoms with Crippen LogP contribution in [0.3, 0.4) is 0 Å². The van der Waals surface area contributed by atoms with Gasteiger partial charge in [0.25, 0.3) is 0 Å². The van der Waals surface area contributed by atoms with Crippen molar-refractivity contribution in [3.63, 3.8) is 0 Å². The fourth-order valence-electron chi connectivity index (χ4n) is 6.29. The highest BCUT2D eigenvalue weighted by Crippen LogP contribution is 2.47. The van der Waals surface area contributed by atoms with Crippen LogP contribution in [0, 0.1) is 5.41 Å². The molecule has 8 rings (SSSR count). The number of rotatable bonds is 8. The van der Waals surface area contributed by atoms with Crippen molar-refractivity contribution >= 4 is 56.1 Å². The van der Waals surface area contributed by atoms with Crippen molar-refractivity contribution in [3.8, 4) is 11.1 Å². The first-order valence-electron chi connectivity index (χ1n) is 16.0. The summed E-state index contributed by atoms with van der Waals surface area (Å²) >= 11 is 0. The minimum absolute atomic E-state index is 0.294. The first-order valence-corrected chi connectivity index (χ1v) is 16.0. The van der Waals surface area contributed by atoms with E-state index in [0.717, 1.165) is 71.9 Å². The Morgan fingerprint density at radius 2 is 1.23 bits per heavy atom. The molecule has 1 atom stereocenters. The van der Waals surface area contributed by atoms with Gasteiger partial charge in [0, 0.05) is 44.6 Å². The molecule has 8 aromatic rings. The van der Waals surface area contributed by atoms with Crippen LogP contribution in [0.4, 0.5) is 11.4 Å². The molecule has 0 amide bonds. The van der Waals surface area contributed by atoms with Crippen molar-refractivity contribution < 1.29 is 4.42 Å². The molecule has 0 aliphatic rings. The van der Waals surface area contributed by atoms with Gasteiger partial charge in [-0.3, -0.25) is 10.4 Å². The van der Waals surface area contributed by atoms with E-state index in [2.05, 4.69) is 71.3 Å². The van der Waals surface area contributed by atoms with E-state index >= 15 is 0 Å². The molecule has 0 saturated carbocycles. The van der Waals surface area contributed by atoms with E-state index in [1.54, 1.807) is 0 Å². The molecule has 0 fully saturated rings. The molecule has 5 nitrogen and oxygen atoms in total. The standard InChI is InChI=1S/C43H32N4O/c44-42(47-43(32-18-8-3-9-19-32)45-28-29-14-4-1-5-15-29)31-24-26-33(27-25-31)46-40-34-20-10-11-21-35(34)41-39(36-22-12-13-23-37(36)48-41)38(40)30-16-6-2-7-17-30/h1-28,43,46H,(H2,44,47)/b45-28+. The Hall–Kier alpha value is -6.46. The van der Waals surface area contributed by atoms with E-state index in [1.165, 1.54) is 0 Å². The maximum atomic E-state index is 8.97. The summed E-state index contributed by atoms with van der Waals surface area (Å²) in [6.07, 6.45) is 1.44. The van der Waals surface area contributed by atoms with E-state index in [4.69, 9.17) is 14.8 Å². The highest BCUT2D eigenvalue weighted by Gasteiger charge is 2.21. The van der Waals surface area contributed by atoms with Crippen LogP contribution in [0.1, 0.15) is 22.9 Å². The van der Waals surface area contributed by atoms with Crippen LogP contribution >= 0.6 is 0 Å². The van der Waals surface area contributed by atoms with Crippen LogP contribution in [0.5, 0.6) is 0 Å². The van der Waals surface area contributed by atoms with Gasteiger partial charge < -0.3 is 15.1 Å². The second-order valence-corrected chi connectivity index (χ2v) is 11.7. The molecule has 0 aliphatic heterocycles. The summed E-state index contributed by atoms with van der Waals surface area (Å²) in [5.41, 5.74) is 8.63. The Labute approximate surface area is 278 Å². The molecule has 0 spiro atoms. The lowest BCUT2D eigenvalue weighted by Gasteiger charge is -2.19. The minimum Gasteiger partial charge on any atom is -0.455 e. The predicted octanol–water partition coefficient (Wildman–Crippen LogP) is 10.9. The maximum absolute atomic E-state index is 8.97. The van der Waals surface area contributed by atoms with Gasteiger partial charge in [0.1, 0.15) is 23.2 Å². The highest BCUT2D eigenvalue weighted by atomic mass is 16.3. The molecular formula is C43H32N4O. The van der Waals surface area contributed by atoms with Gasteiger partial charge in [-0.2, -0.15) is 0 Å². The van der Waals surface area contributed by atoms with Gasteiger partial charge in [-0.05, 0) is 47.0 Å². The van der Waals surface area contributed by atoms with Gasteiger partial charge in [0.2, 0.25) is 0 Å². The SMILES string of the molecule is N=C(NC(/N=C/c1ccccc1)c1ccccc1)c1ccc(Nc2c(-c3ccccc3)c3c4ccccc4oc3c3ccccc23)cc1. The molecule has 0 radical (unpaired) electrons. The number of benzene rings is 7. The molecule has 1 aromatic heterocycles. The lowest BCUT2D eigenvalue weighted by Crippen LogP contribution is -2.27. The van der Waals surface area contributed by atoms with Gasteiger partial charge in [-0.15, -0.1) is 0 Å². The average molecular weight is 621 g/mol. The number of fused-ring (bicyclic) bond motifs is 5. The normalized spacial score (nSPS) is 12.1. The fraction of sp³-hybridized carbons (Fsp3) is 0.0233. The van der Waals surface area contributed by atoms with Crippen LogP contribution < -0.4 is 10.6 Å². The number of hydrogen-bond donors (Lipinski definition) is 3. The van der Waals surface area contributed by atoms with Crippen molar-refractivity contribution in [1.29, 1.82) is 5.41 Å². The number of amidine groups is 1. The van der Waals surface area contributed by atoms with Crippen LogP contribution in [0.2, 0.25) is 0 Å². The summed E-state index contributed by atoms with van der Waals surface area (Å²) < 4.78 is 6.51. The summed E-state index contributed by atoms with van der Waals surface area (Å²) in [5.74, 6) is 0.294. The second kappa shape index (κ2) is 12.7. The summed E-state index contributed by atoms with van der Waals surface area (Å²) in [4.78, 5) is 4.82. The van der Waals surface area contributed by atoms with E-state index in [9.17, 15) is 0 Å². The molecule has 0 aliphatic carbocycles. The molecule has 3 N–H and O–H groups in total. The number of anilines is 2. The maximum Gasteiger partial charge on any atom is 0.145 e. The van der Waals surface area contributed by atoms with Crippen molar-refractivity contribution in [3.05, 3.63) is 180 Å². The third kappa shape index (κ3) is 5.59. The van der Waals surface area contributed by atoms with Crippen molar-refractivity contribution in [1.82, 2.24) is 5.32 Å². The Balaban J connectivity index is 1.15. The van der Waals surface area contributed by atoms with Crippen molar-refractivity contribution in [2.24, 2.45) is 4.99 Å². The Bertz CT molecular complexity index is 2400. The van der Waals surface area contributed by atoms with Gasteiger partial charge >= 0.3 is 0 Å². The molecule has 1 unspecified atom stereocenters. The largest absolute Gasteiger partial charge is 0.455 e. The number of aliphatic imine (C=N–C) groups is 1. The number of hydrogen-bond acceptors (Lipinski definition) is 4. The summed E-state index contributed by atoms with van der Waals surface area (Å²) in [5, 5.41) is 20.4. The van der Waals surface area contributed by atoms with Gasteiger partial charge in [-0.25, -0.2) is 0 Å². The first-order chi connectivity index (χ1) is 23.7. The first kappa shape index (κ1) is 29.0. The van der Waals surface area contributed by atoms with Crippen molar-refractivity contribution in [2.75, 3.05) is 5.32 Å². The number of para-hydroxylation sites is 1. The highest BCUT2D eigenvalue weighted by molar-refractivity contribution is 6.26. The zero-order chi connectivity index (χ0) is 32.3. The lowest BCUT2D eigenvalue weighted by molar-refractivity contribution is 0.673. The average Bonchev–Trinajstić information content (AvgIpc) is 3.54. The number of furan rings is 1. The summed E-state index contributed by atoms with van der Waals surface area (Å²) in [6.45, 7) is 0. The molecule has 5 heteroatoms. The van der Waals surface area contributed by atoms with E-state index in [1.807, 2.05) is 109 Å².